The average Bonchev–Trinajstić information content (AvgIpc) is 2.88. The number of sulfonamides is 1. The summed E-state index contributed by atoms with van der Waals surface area (Å²) in [5.74, 6) is -0.885. The molecule has 1 aromatic rings. The van der Waals surface area contributed by atoms with Crippen molar-refractivity contribution in [3.8, 4) is 0 Å². The van der Waals surface area contributed by atoms with Crippen molar-refractivity contribution in [2.45, 2.75) is 18.2 Å². The number of carbonyl (C=O) groups excluding carboxylic acids is 1. The number of nitrogens with zero attached hydrogens (tertiary/aromatic N) is 1. The summed E-state index contributed by atoms with van der Waals surface area (Å²) in [7, 11) is -3.64. The molecule has 21 heavy (non-hydrogen) atoms. The standard InChI is InChI=1S/C13H17N3O3S2/c1-8-6-9(13(15)20)2-3-11(8)21(18,19)16-5-4-10(7-16)12(14)17/h2-3,6,10H,4-5,7H2,1H3,(H2,14,17)(H2,15,20). The Hall–Kier alpha value is -1.51. The highest BCUT2D eigenvalue weighted by molar-refractivity contribution is 7.89. The van der Waals surface area contributed by atoms with Crippen LogP contribution in [0.2, 0.25) is 0 Å². The largest absolute Gasteiger partial charge is 0.389 e. The van der Waals surface area contributed by atoms with Gasteiger partial charge in [-0.3, -0.25) is 4.79 Å². The zero-order chi connectivity index (χ0) is 15.8. The molecule has 6 nitrogen and oxygen atoms in total. The number of primary amides is 1. The number of hydrogen-bond donors (Lipinski definition) is 2. The van der Waals surface area contributed by atoms with E-state index in [2.05, 4.69) is 0 Å². The molecule has 1 amide bonds. The summed E-state index contributed by atoms with van der Waals surface area (Å²) in [6.07, 6.45) is 0.457. The van der Waals surface area contributed by atoms with E-state index < -0.39 is 21.8 Å². The van der Waals surface area contributed by atoms with Crippen molar-refractivity contribution in [3.05, 3.63) is 29.3 Å². The maximum Gasteiger partial charge on any atom is 0.243 e. The predicted octanol–water partition coefficient (Wildman–Crippen LogP) is 0.125. The van der Waals surface area contributed by atoms with Gasteiger partial charge in [0.1, 0.15) is 4.99 Å². The predicted molar refractivity (Wildman–Crippen MR) is 83.1 cm³/mol. The topological polar surface area (TPSA) is 106 Å². The van der Waals surface area contributed by atoms with Crippen molar-refractivity contribution in [1.29, 1.82) is 0 Å². The molecule has 0 saturated carbocycles. The molecule has 1 aliphatic rings. The van der Waals surface area contributed by atoms with Crippen molar-refractivity contribution in [2.75, 3.05) is 13.1 Å². The Kier molecular flexibility index (Phi) is 4.31. The lowest BCUT2D eigenvalue weighted by Crippen LogP contribution is -2.32. The first-order valence-corrected chi connectivity index (χ1v) is 8.28. The Labute approximate surface area is 129 Å². The van der Waals surface area contributed by atoms with Crippen LogP contribution in [0.4, 0.5) is 0 Å². The average molecular weight is 327 g/mol. The number of aryl methyl sites for hydroxylation is 1. The van der Waals surface area contributed by atoms with E-state index in [9.17, 15) is 13.2 Å². The van der Waals surface area contributed by atoms with E-state index in [1.165, 1.54) is 10.4 Å². The third kappa shape index (κ3) is 3.07. The third-order valence-corrected chi connectivity index (χ3v) is 5.89. The summed E-state index contributed by atoms with van der Waals surface area (Å²) in [4.78, 5) is 11.6. The second-order valence-electron chi connectivity index (χ2n) is 5.10. The van der Waals surface area contributed by atoms with E-state index >= 15 is 0 Å². The molecule has 1 unspecified atom stereocenters. The molecule has 0 spiro atoms. The van der Waals surface area contributed by atoms with Crippen LogP contribution in [0.25, 0.3) is 0 Å². The quantitative estimate of drug-likeness (QED) is 0.764. The molecule has 114 valence electrons. The molecule has 1 aromatic carbocycles. The van der Waals surface area contributed by atoms with Crippen molar-refractivity contribution in [2.24, 2.45) is 17.4 Å². The third-order valence-electron chi connectivity index (χ3n) is 3.63. The van der Waals surface area contributed by atoms with E-state index in [0.29, 0.717) is 24.1 Å². The first kappa shape index (κ1) is 15.9. The number of carbonyl (C=O) groups is 1. The van der Waals surface area contributed by atoms with Crippen LogP contribution >= 0.6 is 12.2 Å². The van der Waals surface area contributed by atoms with Crippen molar-refractivity contribution >= 4 is 33.1 Å². The van der Waals surface area contributed by atoms with Crippen LogP contribution in [-0.2, 0) is 14.8 Å². The van der Waals surface area contributed by atoms with Crippen LogP contribution in [0.15, 0.2) is 23.1 Å². The number of amides is 1. The maximum absolute atomic E-state index is 12.6. The minimum atomic E-state index is -3.64. The molecule has 0 radical (unpaired) electrons. The summed E-state index contributed by atoms with van der Waals surface area (Å²) in [6.45, 7) is 2.12. The summed E-state index contributed by atoms with van der Waals surface area (Å²) < 4.78 is 26.5. The summed E-state index contributed by atoms with van der Waals surface area (Å²) >= 11 is 4.88. The van der Waals surface area contributed by atoms with Crippen molar-refractivity contribution in [3.63, 3.8) is 0 Å². The molecular formula is C13H17N3O3S2. The summed E-state index contributed by atoms with van der Waals surface area (Å²) in [5, 5.41) is 0. The highest BCUT2D eigenvalue weighted by Crippen LogP contribution is 2.26. The van der Waals surface area contributed by atoms with E-state index in [-0.39, 0.29) is 16.4 Å². The fraction of sp³-hybridized carbons (Fsp3) is 0.385. The number of hydrogen-bond acceptors (Lipinski definition) is 4. The smallest absolute Gasteiger partial charge is 0.243 e. The molecule has 1 atom stereocenters. The first-order chi connectivity index (χ1) is 9.73. The zero-order valence-corrected chi connectivity index (χ0v) is 13.2. The molecule has 1 fully saturated rings. The Morgan fingerprint density at radius 2 is 2.05 bits per heavy atom. The molecule has 0 aliphatic carbocycles. The number of rotatable bonds is 4. The van der Waals surface area contributed by atoms with Gasteiger partial charge in [0, 0.05) is 18.7 Å². The molecule has 8 heteroatoms. The van der Waals surface area contributed by atoms with E-state index in [1.807, 2.05) is 0 Å². The van der Waals surface area contributed by atoms with E-state index in [4.69, 9.17) is 23.7 Å². The lowest BCUT2D eigenvalue weighted by Gasteiger charge is -2.18. The number of nitrogens with two attached hydrogens (primary N) is 2. The normalized spacial score (nSPS) is 19.6. The second-order valence-corrected chi connectivity index (χ2v) is 7.44. The summed E-state index contributed by atoms with van der Waals surface area (Å²) in [5.41, 5.74) is 12.0. The van der Waals surface area contributed by atoms with Gasteiger partial charge in [-0.05, 0) is 31.0 Å². The minimum Gasteiger partial charge on any atom is -0.389 e. The number of thiocarbonyl (C=S) groups is 1. The fourth-order valence-corrected chi connectivity index (χ4v) is 4.24. The van der Waals surface area contributed by atoms with Gasteiger partial charge in [0.25, 0.3) is 0 Å². The first-order valence-electron chi connectivity index (χ1n) is 6.43. The Morgan fingerprint density at radius 3 is 2.52 bits per heavy atom. The SMILES string of the molecule is Cc1cc(C(N)=S)ccc1S(=O)(=O)N1CCC(C(N)=O)C1. The fourth-order valence-electron chi connectivity index (χ4n) is 2.41. The molecule has 1 saturated heterocycles. The van der Waals surface area contributed by atoms with Gasteiger partial charge in [-0.15, -0.1) is 0 Å². The zero-order valence-electron chi connectivity index (χ0n) is 11.6. The van der Waals surface area contributed by atoms with Crippen molar-refractivity contribution < 1.29 is 13.2 Å². The van der Waals surface area contributed by atoms with Crippen molar-refractivity contribution in [1.82, 2.24) is 4.31 Å². The molecular weight excluding hydrogens is 310 g/mol. The summed E-state index contributed by atoms with van der Waals surface area (Å²) in [6, 6.07) is 4.73. The lowest BCUT2D eigenvalue weighted by atomic mass is 10.1. The van der Waals surface area contributed by atoms with Gasteiger partial charge < -0.3 is 11.5 Å². The molecule has 1 heterocycles. The van der Waals surface area contributed by atoms with Gasteiger partial charge in [-0.2, -0.15) is 4.31 Å². The second kappa shape index (κ2) is 5.70. The monoisotopic (exact) mass is 327 g/mol. The lowest BCUT2D eigenvalue weighted by molar-refractivity contribution is -0.121. The Morgan fingerprint density at radius 1 is 1.38 bits per heavy atom. The molecule has 1 aliphatic heterocycles. The molecule has 0 bridgehead atoms. The molecule has 2 rings (SSSR count). The van der Waals surface area contributed by atoms with Crippen LogP contribution in [0.5, 0.6) is 0 Å². The van der Waals surface area contributed by atoms with Crippen LogP contribution in [0.1, 0.15) is 17.5 Å². The minimum absolute atomic E-state index is 0.133. The highest BCUT2D eigenvalue weighted by atomic mass is 32.2. The Balaban J connectivity index is 2.33. The van der Waals surface area contributed by atoms with Gasteiger partial charge in [0.2, 0.25) is 15.9 Å². The van der Waals surface area contributed by atoms with Gasteiger partial charge >= 0.3 is 0 Å². The van der Waals surface area contributed by atoms with Crippen LogP contribution in [-0.4, -0.2) is 36.7 Å². The van der Waals surface area contributed by atoms with Gasteiger partial charge in [0.05, 0.1) is 10.8 Å². The molecule has 4 N–H and O–H groups in total. The van der Waals surface area contributed by atoms with Gasteiger partial charge in [-0.25, -0.2) is 8.42 Å². The molecule has 0 aromatic heterocycles. The van der Waals surface area contributed by atoms with Crippen LogP contribution in [0, 0.1) is 12.8 Å². The van der Waals surface area contributed by atoms with Gasteiger partial charge in [-0.1, -0.05) is 18.3 Å². The Bertz CT molecular complexity index is 701. The van der Waals surface area contributed by atoms with Crippen LogP contribution < -0.4 is 11.5 Å². The van der Waals surface area contributed by atoms with E-state index in [1.54, 1.807) is 19.1 Å². The maximum atomic E-state index is 12.6. The highest BCUT2D eigenvalue weighted by Gasteiger charge is 2.35. The van der Waals surface area contributed by atoms with Crippen LogP contribution in [0.3, 0.4) is 0 Å². The van der Waals surface area contributed by atoms with E-state index in [0.717, 1.165) is 0 Å². The van der Waals surface area contributed by atoms with Gasteiger partial charge in [0.15, 0.2) is 0 Å². The number of benzene rings is 1.